The first-order valence-corrected chi connectivity index (χ1v) is 6.70. The number of aliphatic carboxylic acids is 1. The Morgan fingerprint density at radius 2 is 1.91 bits per heavy atom. The minimum absolute atomic E-state index is 0.0529. The number of nitrogens with two attached hydrogens (primary N) is 1. The highest BCUT2D eigenvalue weighted by Crippen LogP contribution is 2.24. The van der Waals surface area contributed by atoms with Gasteiger partial charge in [-0.05, 0) is 26.8 Å². The van der Waals surface area contributed by atoms with Gasteiger partial charge < -0.3 is 20.9 Å². The molecule has 9 nitrogen and oxygen atoms in total. The third-order valence-electron chi connectivity index (χ3n) is 2.80. The van der Waals surface area contributed by atoms with Crippen LogP contribution in [0.4, 0.5) is 11.4 Å². The maximum Gasteiger partial charge on any atom is 0.340 e. The molecule has 0 bridgehead atoms. The van der Waals surface area contributed by atoms with Crippen molar-refractivity contribution >= 4 is 23.3 Å². The Bertz CT molecular complexity index is 625. The number of carbonyl (C=O) groups excluding carboxylic acids is 1. The van der Waals surface area contributed by atoms with Crippen LogP contribution in [0.15, 0.2) is 24.3 Å². The SMILES string of the molecule is CC(C)(C)OC(=O)C(N)(CNc1ccccc1[N+](=O)[O-])C(=O)O. The molecule has 0 aliphatic carbocycles. The van der Waals surface area contributed by atoms with Crippen LogP contribution in [-0.2, 0) is 14.3 Å². The Hall–Kier alpha value is -2.68. The second kappa shape index (κ2) is 6.61. The predicted octanol–water partition coefficient (Wildman–Crippen LogP) is 1.13. The van der Waals surface area contributed by atoms with Crippen LogP contribution in [0.5, 0.6) is 0 Å². The van der Waals surface area contributed by atoms with Gasteiger partial charge in [-0.2, -0.15) is 0 Å². The molecule has 0 fully saturated rings. The summed E-state index contributed by atoms with van der Waals surface area (Å²) >= 11 is 0. The lowest BCUT2D eigenvalue weighted by Crippen LogP contribution is -2.61. The van der Waals surface area contributed by atoms with Gasteiger partial charge in [-0.15, -0.1) is 0 Å². The summed E-state index contributed by atoms with van der Waals surface area (Å²) in [5.74, 6) is -2.73. The predicted molar refractivity (Wildman–Crippen MR) is 82.0 cm³/mol. The van der Waals surface area contributed by atoms with Gasteiger partial charge >= 0.3 is 11.9 Å². The smallest absolute Gasteiger partial charge is 0.340 e. The third kappa shape index (κ3) is 4.65. The molecule has 0 spiro atoms. The number of ether oxygens (including phenoxy) is 1. The molecule has 0 aromatic heterocycles. The number of nitro benzene ring substituents is 1. The fourth-order valence-electron chi connectivity index (χ4n) is 1.62. The van der Waals surface area contributed by atoms with E-state index in [-0.39, 0.29) is 11.4 Å². The highest BCUT2D eigenvalue weighted by Gasteiger charge is 2.45. The van der Waals surface area contributed by atoms with Crippen molar-refractivity contribution in [2.75, 3.05) is 11.9 Å². The summed E-state index contributed by atoms with van der Waals surface area (Å²) in [5.41, 5.74) is 2.15. The molecular formula is C14H19N3O6. The fraction of sp³-hybridized carbons (Fsp3) is 0.429. The molecule has 23 heavy (non-hydrogen) atoms. The number of anilines is 1. The van der Waals surface area contributed by atoms with E-state index in [1.165, 1.54) is 24.3 Å². The van der Waals surface area contributed by atoms with Crippen LogP contribution in [0.2, 0.25) is 0 Å². The van der Waals surface area contributed by atoms with Crippen LogP contribution in [0, 0.1) is 10.1 Å². The number of esters is 1. The zero-order valence-corrected chi connectivity index (χ0v) is 13.0. The number of para-hydroxylation sites is 2. The van der Waals surface area contributed by atoms with Crippen LogP contribution in [0.1, 0.15) is 20.8 Å². The number of rotatable bonds is 6. The van der Waals surface area contributed by atoms with Crippen LogP contribution in [-0.4, -0.2) is 39.7 Å². The van der Waals surface area contributed by atoms with Gasteiger partial charge in [0, 0.05) is 6.07 Å². The normalized spacial score (nSPS) is 13.7. The van der Waals surface area contributed by atoms with Crippen LogP contribution in [0.3, 0.4) is 0 Å². The van der Waals surface area contributed by atoms with Gasteiger partial charge in [0.2, 0.25) is 5.54 Å². The molecule has 0 saturated carbocycles. The average Bonchev–Trinajstić information content (AvgIpc) is 2.42. The molecule has 0 saturated heterocycles. The van der Waals surface area contributed by atoms with Crippen molar-refractivity contribution in [2.45, 2.75) is 31.9 Å². The van der Waals surface area contributed by atoms with Gasteiger partial charge in [-0.3, -0.25) is 10.1 Å². The molecule has 1 atom stereocenters. The monoisotopic (exact) mass is 325 g/mol. The average molecular weight is 325 g/mol. The first kappa shape index (κ1) is 18.4. The van der Waals surface area contributed by atoms with E-state index < -0.39 is 34.5 Å². The minimum Gasteiger partial charge on any atom is -0.479 e. The number of benzene rings is 1. The van der Waals surface area contributed by atoms with Crippen molar-refractivity contribution in [3.05, 3.63) is 34.4 Å². The van der Waals surface area contributed by atoms with Gasteiger partial charge in [0.05, 0.1) is 11.5 Å². The molecule has 0 radical (unpaired) electrons. The molecule has 126 valence electrons. The number of nitrogens with zero attached hydrogens (tertiary/aromatic N) is 1. The summed E-state index contributed by atoms with van der Waals surface area (Å²) < 4.78 is 5.01. The summed E-state index contributed by atoms with van der Waals surface area (Å²) in [6, 6.07) is 5.62. The Kier molecular flexibility index (Phi) is 5.28. The Morgan fingerprint density at radius 3 is 2.39 bits per heavy atom. The number of nitrogens with one attached hydrogen (secondary N) is 1. The Labute approximate surface area is 132 Å². The van der Waals surface area contributed by atoms with Gasteiger partial charge in [0.15, 0.2) is 0 Å². The molecule has 1 aromatic carbocycles. The molecule has 0 aliphatic heterocycles. The zero-order valence-electron chi connectivity index (χ0n) is 13.0. The molecule has 4 N–H and O–H groups in total. The lowest BCUT2D eigenvalue weighted by molar-refractivity contribution is -0.384. The molecule has 0 aliphatic rings. The van der Waals surface area contributed by atoms with Crippen molar-refractivity contribution in [3.8, 4) is 0 Å². The lowest BCUT2D eigenvalue weighted by atomic mass is 10.0. The van der Waals surface area contributed by atoms with Crippen LogP contribution < -0.4 is 11.1 Å². The first-order valence-electron chi connectivity index (χ1n) is 6.70. The molecule has 0 heterocycles. The summed E-state index contributed by atoms with van der Waals surface area (Å²) in [6.07, 6.45) is 0. The van der Waals surface area contributed by atoms with E-state index in [0.29, 0.717) is 0 Å². The largest absolute Gasteiger partial charge is 0.479 e. The van der Waals surface area contributed by atoms with E-state index in [1.807, 2.05) is 0 Å². The quantitative estimate of drug-likeness (QED) is 0.305. The minimum atomic E-state index is -2.38. The van der Waals surface area contributed by atoms with E-state index in [0.717, 1.165) is 0 Å². The Balaban J connectivity index is 3.00. The second-order valence-electron chi connectivity index (χ2n) is 5.91. The van der Waals surface area contributed by atoms with Crippen molar-refractivity contribution in [3.63, 3.8) is 0 Å². The maximum absolute atomic E-state index is 12.1. The summed E-state index contributed by atoms with van der Waals surface area (Å²) in [5, 5.41) is 22.7. The molecular weight excluding hydrogens is 306 g/mol. The van der Waals surface area contributed by atoms with E-state index >= 15 is 0 Å². The fourth-order valence-corrected chi connectivity index (χ4v) is 1.62. The molecule has 9 heteroatoms. The standard InChI is InChI=1S/C14H19N3O6/c1-13(2,3)23-12(20)14(15,11(18)19)8-16-9-6-4-5-7-10(9)17(21)22/h4-7,16H,8,15H2,1-3H3,(H,18,19). The first-order chi connectivity index (χ1) is 10.5. The summed E-state index contributed by atoms with van der Waals surface area (Å²) in [6.45, 7) is 4.15. The third-order valence-corrected chi connectivity index (χ3v) is 2.80. The Morgan fingerprint density at radius 1 is 1.35 bits per heavy atom. The zero-order chi connectivity index (χ0) is 17.8. The van der Waals surface area contributed by atoms with Crippen molar-refractivity contribution < 1.29 is 24.4 Å². The highest BCUT2D eigenvalue weighted by atomic mass is 16.6. The number of carbonyl (C=O) groups is 2. The second-order valence-corrected chi connectivity index (χ2v) is 5.91. The van der Waals surface area contributed by atoms with Crippen LogP contribution in [0.25, 0.3) is 0 Å². The number of hydrogen-bond donors (Lipinski definition) is 3. The van der Waals surface area contributed by atoms with Crippen LogP contribution >= 0.6 is 0 Å². The van der Waals surface area contributed by atoms with Gasteiger partial charge in [-0.25, -0.2) is 9.59 Å². The maximum atomic E-state index is 12.1. The molecule has 1 aromatic rings. The number of carboxylic acid groups (broad SMARTS) is 1. The van der Waals surface area contributed by atoms with Crippen molar-refractivity contribution in [1.29, 1.82) is 0 Å². The van der Waals surface area contributed by atoms with E-state index in [2.05, 4.69) is 5.32 Å². The number of hydrogen-bond acceptors (Lipinski definition) is 7. The van der Waals surface area contributed by atoms with E-state index in [1.54, 1.807) is 20.8 Å². The molecule has 1 unspecified atom stereocenters. The van der Waals surface area contributed by atoms with Gasteiger partial charge in [0.25, 0.3) is 5.69 Å². The van der Waals surface area contributed by atoms with Crippen molar-refractivity contribution in [2.24, 2.45) is 5.73 Å². The molecule has 1 rings (SSSR count). The summed E-state index contributed by atoms with van der Waals surface area (Å²) in [7, 11) is 0. The van der Waals surface area contributed by atoms with E-state index in [4.69, 9.17) is 10.5 Å². The van der Waals surface area contributed by atoms with Crippen molar-refractivity contribution in [1.82, 2.24) is 0 Å². The van der Waals surface area contributed by atoms with Gasteiger partial charge in [0.1, 0.15) is 11.3 Å². The number of carboxylic acids is 1. The van der Waals surface area contributed by atoms with E-state index in [9.17, 15) is 24.8 Å². The number of nitro groups is 1. The molecule has 0 amide bonds. The summed E-state index contributed by atoms with van der Waals surface area (Å²) in [4.78, 5) is 33.7. The lowest BCUT2D eigenvalue weighted by Gasteiger charge is -2.28. The highest BCUT2D eigenvalue weighted by molar-refractivity contribution is 6.04. The van der Waals surface area contributed by atoms with Gasteiger partial charge in [-0.1, -0.05) is 12.1 Å². The topological polar surface area (TPSA) is 145 Å².